The molecule has 3 aliphatic rings. The smallest absolute Gasteiger partial charge is 0.224 e. The van der Waals surface area contributed by atoms with Crippen LogP contribution in [0.25, 0.3) is 0 Å². The van der Waals surface area contributed by atoms with Crippen molar-refractivity contribution in [1.82, 2.24) is 10.3 Å². The third kappa shape index (κ3) is 2.56. The van der Waals surface area contributed by atoms with Crippen molar-refractivity contribution in [3.63, 3.8) is 0 Å². The van der Waals surface area contributed by atoms with Crippen molar-refractivity contribution in [2.75, 3.05) is 0 Å². The molecule has 1 N–H and O–H groups in total. The first-order valence-corrected chi connectivity index (χ1v) is 9.61. The maximum absolute atomic E-state index is 12.9. The largest absolute Gasteiger partial charge is 0.486 e. The molecule has 0 unspecified atom stereocenters. The molecule has 2 aromatic rings. The van der Waals surface area contributed by atoms with Crippen molar-refractivity contribution in [1.29, 1.82) is 0 Å². The SMILES string of the molecule is C[C@@H](NC(=O)[C@@H]1[C@H]2CC[C@@]3(CC(=O)c4ccccc4O3)[C@@H]21)c1ccncc1. The molecule has 138 valence electrons. The topological polar surface area (TPSA) is 68.3 Å². The van der Waals surface area contributed by atoms with E-state index in [-0.39, 0.29) is 29.6 Å². The van der Waals surface area contributed by atoms with Crippen LogP contribution in [0.3, 0.4) is 0 Å². The van der Waals surface area contributed by atoms with Crippen LogP contribution < -0.4 is 10.1 Å². The molecular weight excluding hydrogens is 340 g/mol. The Morgan fingerprint density at radius 2 is 2.04 bits per heavy atom. The minimum absolute atomic E-state index is 0.0545. The second-order valence-corrected chi connectivity index (χ2v) is 8.03. The quantitative estimate of drug-likeness (QED) is 0.909. The van der Waals surface area contributed by atoms with Gasteiger partial charge in [0.1, 0.15) is 11.4 Å². The van der Waals surface area contributed by atoms with Gasteiger partial charge in [0.2, 0.25) is 5.91 Å². The summed E-state index contributed by atoms with van der Waals surface area (Å²) in [7, 11) is 0. The molecule has 5 nitrogen and oxygen atoms in total. The van der Waals surface area contributed by atoms with Crippen molar-refractivity contribution in [2.24, 2.45) is 17.8 Å². The first-order valence-electron chi connectivity index (χ1n) is 9.61. The highest BCUT2D eigenvalue weighted by molar-refractivity contribution is 6.00. The highest BCUT2D eigenvalue weighted by Crippen LogP contribution is 2.65. The predicted molar refractivity (Wildman–Crippen MR) is 99.2 cm³/mol. The van der Waals surface area contributed by atoms with Gasteiger partial charge in [0, 0.05) is 24.2 Å². The van der Waals surface area contributed by atoms with E-state index in [2.05, 4.69) is 10.3 Å². The van der Waals surface area contributed by atoms with Crippen molar-refractivity contribution in [2.45, 2.75) is 37.8 Å². The van der Waals surface area contributed by atoms with E-state index in [0.717, 1.165) is 18.4 Å². The molecule has 2 saturated carbocycles. The molecule has 2 heterocycles. The number of pyridine rings is 1. The van der Waals surface area contributed by atoms with Gasteiger partial charge in [-0.05, 0) is 55.5 Å². The molecule has 0 bridgehead atoms. The van der Waals surface area contributed by atoms with Gasteiger partial charge in [0.15, 0.2) is 5.78 Å². The van der Waals surface area contributed by atoms with Crippen molar-refractivity contribution >= 4 is 11.7 Å². The van der Waals surface area contributed by atoms with Crippen LogP contribution in [0, 0.1) is 17.8 Å². The second-order valence-electron chi connectivity index (χ2n) is 8.03. The number of nitrogens with one attached hydrogen (secondary N) is 1. The monoisotopic (exact) mass is 362 g/mol. The molecule has 2 fully saturated rings. The number of fused-ring (bicyclic) bond motifs is 3. The van der Waals surface area contributed by atoms with Gasteiger partial charge in [-0.2, -0.15) is 0 Å². The average molecular weight is 362 g/mol. The molecule has 1 amide bonds. The molecular formula is C22H22N2O3. The summed E-state index contributed by atoms with van der Waals surface area (Å²) in [5.41, 5.74) is 1.20. The Morgan fingerprint density at radius 1 is 1.26 bits per heavy atom. The zero-order valence-electron chi connectivity index (χ0n) is 15.2. The van der Waals surface area contributed by atoms with Gasteiger partial charge in [-0.15, -0.1) is 0 Å². The molecule has 5 atom stereocenters. The fourth-order valence-electron chi connectivity index (χ4n) is 5.16. The second kappa shape index (κ2) is 5.91. The number of ether oxygens (including phenoxy) is 1. The molecule has 0 radical (unpaired) electrons. The van der Waals surface area contributed by atoms with E-state index < -0.39 is 5.60 Å². The maximum Gasteiger partial charge on any atom is 0.224 e. The lowest BCUT2D eigenvalue weighted by Gasteiger charge is -2.37. The summed E-state index contributed by atoms with van der Waals surface area (Å²) in [4.78, 5) is 29.6. The van der Waals surface area contributed by atoms with Gasteiger partial charge < -0.3 is 10.1 Å². The van der Waals surface area contributed by atoms with Crippen LogP contribution in [0.4, 0.5) is 0 Å². The van der Waals surface area contributed by atoms with Crippen LogP contribution in [0.2, 0.25) is 0 Å². The van der Waals surface area contributed by atoms with E-state index in [1.54, 1.807) is 12.4 Å². The van der Waals surface area contributed by atoms with E-state index in [1.165, 1.54) is 0 Å². The minimum Gasteiger partial charge on any atom is -0.486 e. The number of hydrogen-bond donors (Lipinski definition) is 1. The van der Waals surface area contributed by atoms with Crippen molar-refractivity contribution in [3.05, 3.63) is 59.9 Å². The number of rotatable bonds is 3. The summed E-state index contributed by atoms with van der Waals surface area (Å²) in [6, 6.07) is 11.2. The molecule has 1 aromatic heterocycles. The number of hydrogen-bond acceptors (Lipinski definition) is 4. The van der Waals surface area contributed by atoms with Crippen LogP contribution in [-0.2, 0) is 4.79 Å². The van der Waals surface area contributed by atoms with Crippen LogP contribution in [0.15, 0.2) is 48.8 Å². The Balaban J connectivity index is 1.33. The summed E-state index contributed by atoms with van der Waals surface area (Å²) < 4.78 is 6.37. The molecule has 1 spiro atoms. The molecule has 1 aromatic carbocycles. The third-order valence-electron chi connectivity index (χ3n) is 6.50. The molecule has 5 heteroatoms. The van der Waals surface area contributed by atoms with Gasteiger partial charge in [0.25, 0.3) is 0 Å². The van der Waals surface area contributed by atoms with Gasteiger partial charge in [-0.1, -0.05) is 12.1 Å². The van der Waals surface area contributed by atoms with Gasteiger partial charge in [-0.25, -0.2) is 0 Å². The minimum atomic E-state index is -0.502. The normalized spacial score (nSPS) is 31.6. The summed E-state index contributed by atoms with van der Waals surface area (Å²) in [5.74, 6) is 1.29. The zero-order chi connectivity index (χ0) is 18.6. The Labute approximate surface area is 158 Å². The third-order valence-corrected chi connectivity index (χ3v) is 6.50. The standard InChI is InChI=1S/C22H22N2O3/c1-13(14-7-10-23-11-8-14)24-21(26)19-16-6-9-22(20(16)19)12-17(25)15-4-2-3-5-18(15)27-22/h2-5,7-8,10-11,13,16,19-20H,6,9,12H2,1H3,(H,24,26)/t13-,16-,19-,20+,22-/m1/s1. The Kier molecular flexibility index (Phi) is 3.61. The first kappa shape index (κ1) is 16.5. The Bertz CT molecular complexity index is 913. The van der Waals surface area contributed by atoms with Crippen molar-refractivity contribution in [3.8, 4) is 5.75 Å². The number of benzene rings is 1. The zero-order valence-corrected chi connectivity index (χ0v) is 15.2. The van der Waals surface area contributed by atoms with Gasteiger partial charge >= 0.3 is 0 Å². The summed E-state index contributed by atoms with van der Waals surface area (Å²) >= 11 is 0. The Hall–Kier alpha value is -2.69. The number of ketones is 1. The van der Waals surface area contributed by atoms with E-state index in [9.17, 15) is 9.59 Å². The van der Waals surface area contributed by atoms with Crippen LogP contribution in [0.1, 0.15) is 48.1 Å². The molecule has 27 heavy (non-hydrogen) atoms. The average Bonchev–Trinajstić information content (AvgIpc) is 3.34. The van der Waals surface area contributed by atoms with E-state index in [4.69, 9.17) is 4.74 Å². The molecule has 2 aliphatic carbocycles. The lowest BCUT2D eigenvalue weighted by molar-refractivity contribution is -0.124. The molecule has 0 saturated heterocycles. The number of carbonyl (C=O) groups is 2. The predicted octanol–water partition coefficient (Wildman–Crippen LogP) is 3.32. The van der Waals surface area contributed by atoms with E-state index in [1.807, 2.05) is 43.3 Å². The highest BCUT2D eigenvalue weighted by atomic mass is 16.5. The Morgan fingerprint density at radius 3 is 2.85 bits per heavy atom. The number of carbonyl (C=O) groups excluding carboxylic acids is 2. The lowest BCUT2D eigenvalue weighted by Crippen LogP contribution is -2.44. The van der Waals surface area contributed by atoms with Crippen LogP contribution >= 0.6 is 0 Å². The van der Waals surface area contributed by atoms with E-state index in [0.29, 0.717) is 23.7 Å². The van der Waals surface area contributed by atoms with Crippen molar-refractivity contribution < 1.29 is 14.3 Å². The number of para-hydroxylation sites is 1. The summed E-state index contributed by atoms with van der Waals surface area (Å²) in [6.07, 6.45) is 5.65. The first-order chi connectivity index (χ1) is 13.1. The fraction of sp³-hybridized carbons (Fsp3) is 0.409. The molecule has 5 rings (SSSR count). The van der Waals surface area contributed by atoms with Gasteiger partial charge in [-0.3, -0.25) is 14.6 Å². The van der Waals surface area contributed by atoms with Crippen LogP contribution in [-0.4, -0.2) is 22.3 Å². The highest BCUT2D eigenvalue weighted by Gasteiger charge is 2.70. The number of nitrogens with zero attached hydrogens (tertiary/aromatic N) is 1. The number of amides is 1. The number of Topliss-reactive ketones (excluding diaryl/α,β-unsaturated/α-hetero) is 1. The maximum atomic E-state index is 12.9. The van der Waals surface area contributed by atoms with Crippen LogP contribution in [0.5, 0.6) is 5.75 Å². The summed E-state index contributed by atoms with van der Waals surface area (Å²) in [5, 5.41) is 3.13. The van der Waals surface area contributed by atoms with Gasteiger partial charge in [0.05, 0.1) is 18.0 Å². The fourth-order valence-corrected chi connectivity index (χ4v) is 5.16. The lowest BCUT2D eigenvalue weighted by atomic mass is 9.84. The molecule has 1 aliphatic heterocycles. The number of aromatic nitrogens is 1. The summed E-state index contributed by atoms with van der Waals surface area (Å²) in [6.45, 7) is 1.98. The van der Waals surface area contributed by atoms with E-state index >= 15 is 0 Å².